The molecule has 6 heteroatoms. The molecule has 1 heterocycles. The normalized spacial score (nSPS) is 11.0. The lowest BCUT2D eigenvalue weighted by Crippen LogP contribution is -2.10. The molecule has 1 aromatic heterocycles. The molecule has 0 bridgehead atoms. The van der Waals surface area contributed by atoms with Gasteiger partial charge in [0.05, 0.1) is 5.69 Å². The number of nitrogens with one attached hydrogen (secondary N) is 1. The van der Waals surface area contributed by atoms with Gasteiger partial charge in [-0.2, -0.15) is 0 Å². The summed E-state index contributed by atoms with van der Waals surface area (Å²) >= 11 is 1.46. The third-order valence-electron chi connectivity index (χ3n) is 3.77. The molecular weight excluding hydrogens is 360 g/mol. The molecular formula is C21H18N2O3S. The largest absolute Gasteiger partial charge is 0.478 e. The molecule has 27 heavy (non-hydrogen) atoms. The molecule has 2 N–H and O–H groups in total. The predicted molar refractivity (Wildman–Crippen MR) is 107 cm³/mol. The second kappa shape index (κ2) is 9.00. The molecule has 5 nitrogen and oxygen atoms in total. The highest BCUT2D eigenvalue weighted by Gasteiger charge is 2.04. The molecule has 3 rings (SSSR count). The maximum absolute atomic E-state index is 11.9. The molecule has 0 aliphatic carbocycles. The predicted octanol–water partition coefficient (Wildman–Crippen LogP) is 3.75. The van der Waals surface area contributed by atoms with Crippen LogP contribution in [0.2, 0.25) is 0 Å². The number of hydrogen-bond donors (Lipinski definition) is 2. The summed E-state index contributed by atoms with van der Waals surface area (Å²) in [6.45, 7) is 0. The number of carboxylic acid groups (broad SMARTS) is 1. The first-order chi connectivity index (χ1) is 13.1. The fourth-order valence-electron chi connectivity index (χ4n) is 2.49. The molecule has 0 radical (unpaired) electrons. The Morgan fingerprint density at radius 3 is 2.52 bits per heavy atom. The van der Waals surface area contributed by atoms with Gasteiger partial charge in [0, 0.05) is 24.3 Å². The van der Waals surface area contributed by atoms with Crippen LogP contribution in [0.25, 0.3) is 6.08 Å². The van der Waals surface area contributed by atoms with Gasteiger partial charge in [0.1, 0.15) is 0 Å². The highest BCUT2D eigenvalue weighted by Crippen LogP contribution is 2.19. The monoisotopic (exact) mass is 378 g/mol. The van der Waals surface area contributed by atoms with Gasteiger partial charge in [-0.1, -0.05) is 66.4 Å². The molecule has 0 fully saturated rings. The number of hydrogen-bond acceptors (Lipinski definition) is 4. The number of aromatic amines is 1. The van der Waals surface area contributed by atoms with Crippen molar-refractivity contribution in [3.8, 4) is 0 Å². The second-order valence-electron chi connectivity index (χ2n) is 5.91. The first kappa shape index (κ1) is 18.7. The van der Waals surface area contributed by atoms with Crippen molar-refractivity contribution >= 4 is 23.8 Å². The number of carbonyl (C=O) groups is 1. The van der Waals surface area contributed by atoms with Crippen LogP contribution in [0.15, 0.2) is 76.7 Å². The zero-order valence-electron chi connectivity index (χ0n) is 14.5. The molecule has 0 atom stereocenters. The van der Waals surface area contributed by atoms with Gasteiger partial charge >= 0.3 is 5.97 Å². The summed E-state index contributed by atoms with van der Waals surface area (Å²) in [6, 6.07) is 19.0. The minimum atomic E-state index is -0.972. The smallest absolute Gasteiger partial charge is 0.328 e. The molecule has 0 unspecified atom stereocenters. The van der Waals surface area contributed by atoms with E-state index in [4.69, 9.17) is 5.11 Å². The third-order valence-corrected chi connectivity index (χ3v) is 4.72. The zero-order chi connectivity index (χ0) is 19.1. The summed E-state index contributed by atoms with van der Waals surface area (Å²) in [5.41, 5.74) is 3.57. The van der Waals surface area contributed by atoms with E-state index >= 15 is 0 Å². The molecule has 136 valence electrons. The van der Waals surface area contributed by atoms with E-state index in [1.54, 1.807) is 6.08 Å². The minimum Gasteiger partial charge on any atom is -0.478 e. The van der Waals surface area contributed by atoms with Gasteiger partial charge in [0.25, 0.3) is 5.56 Å². The lowest BCUT2D eigenvalue weighted by atomic mass is 10.1. The van der Waals surface area contributed by atoms with Crippen LogP contribution >= 0.6 is 11.8 Å². The lowest BCUT2D eigenvalue weighted by Gasteiger charge is -2.05. The first-order valence-electron chi connectivity index (χ1n) is 8.35. The Bertz CT molecular complexity index is 996. The highest BCUT2D eigenvalue weighted by atomic mass is 32.2. The Labute approximate surface area is 160 Å². The number of nitrogens with zero attached hydrogens (tertiary/aromatic N) is 1. The Kier molecular flexibility index (Phi) is 6.22. The van der Waals surface area contributed by atoms with Crippen molar-refractivity contribution in [3.05, 3.63) is 99.5 Å². The van der Waals surface area contributed by atoms with Crippen LogP contribution in [-0.2, 0) is 17.0 Å². The molecule has 3 aromatic rings. The van der Waals surface area contributed by atoms with E-state index < -0.39 is 5.97 Å². The highest BCUT2D eigenvalue weighted by molar-refractivity contribution is 7.98. The maximum Gasteiger partial charge on any atom is 0.328 e. The number of benzene rings is 2. The van der Waals surface area contributed by atoms with Crippen LogP contribution in [0, 0.1) is 0 Å². The van der Waals surface area contributed by atoms with Gasteiger partial charge in [-0.05, 0) is 22.8 Å². The van der Waals surface area contributed by atoms with Gasteiger partial charge in [-0.25, -0.2) is 9.78 Å². The average Bonchev–Trinajstić information content (AvgIpc) is 2.66. The number of aliphatic carboxylic acids is 1. The topological polar surface area (TPSA) is 83.0 Å². The van der Waals surface area contributed by atoms with Crippen molar-refractivity contribution in [1.29, 1.82) is 0 Å². The van der Waals surface area contributed by atoms with E-state index in [1.807, 2.05) is 54.6 Å². The van der Waals surface area contributed by atoms with Crippen molar-refractivity contribution in [2.75, 3.05) is 0 Å². The van der Waals surface area contributed by atoms with Crippen molar-refractivity contribution in [2.45, 2.75) is 17.3 Å². The van der Waals surface area contributed by atoms with Crippen LogP contribution in [0.3, 0.4) is 0 Å². The van der Waals surface area contributed by atoms with Crippen molar-refractivity contribution in [3.63, 3.8) is 0 Å². The maximum atomic E-state index is 11.9. The number of carboxylic acids is 1. The number of rotatable bonds is 7. The summed E-state index contributed by atoms with van der Waals surface area (Å²) in [6.07, 6.45) is 3.27. The third kappa shape index (κ3) is 5.97. The van der Waals surface area contributed by atoms with E-state index in [1.165, 1.54) is 17.8 Å². The molecule has 0 saturated carbocycles. The van der Waals surface area contributed by atoms with Crippen LogP contribution in [0.5, 0.6) is 0 Å². The van der Waals surface area contributed by atoms with Gasteiger partial charge in [-0.3, -0.25) is 4.79 Å². The van der Waals surface area contributed by atoms with Gasteiger partial charge in [0.2, 0.25) is 0 Å². The van der Waals surface area contributed by atoms with Gasteiger partial charge in [-0.15, -0.1) is 0 Å². The fraction of sp³-hybridized carbons (Fsp3) is 0.0952. The average molecular weight is 378 g/mol. The lowest BCUT2D eigenvalue weighted by molar-refractivity contribution is -0.131. The Morgan fingerprint density at radius 1 is 1.07 bits per heavy atom. The molecule has 0 aliphatic rings. The summed E-state index contributed by atoms with van der Waals surface area (Å²) in [5, 5.41) is 9.24. The van der Waals surface area contributed by atoms with Crippen molar-refractivity contribution < 1.29 is 9.90 Å². The quantitative estimate of drug-likeness (QED) is 0.372. The van der Waals surface area contributed by atoms with Crippen LogP contribution < -0.4 is 5.56 Å². The molecule has 0 spiro atoms. The number of thioether (sulfide) groups is 1. The van der Waals surface area contributed by atoms with E-state index in [0.717, 1.165) is 28.5 Å². The fourth-order valence-corrected chi connectivity index (χ4v) is 3.34. The Morgan fingerprint density at radius 2 is 1.81 bits per heavy atom. The molecule has 0 aliphatic heterocycles. The van der Waals surface area contributed by atoms with Gasteiger partial charge < -0.3 is 10.1 Å². The van der Waals surface area contributed by atoms with Gasteiger partial charge in [0.15, 0.2) is 5.16 Å². The van der Waals surface area contributed by atoms with E-state index in [9.17, 15) is 9.59 Å². The van der Waals surface area contributed by atoms with Crippen molar-refractivity contribution in [2.24, 2.45) is 0 Å². The number of H-pyrrole nitrogens is 1. The summed E-state index contributed by atoms with van der Waals surface area (Å²) in [4.78, 5) is 29.8. The van der Waals surface area contributed by atoms with Crippen LogP contribution in [0.1, 0.15) is 22.4 Å². The second-order valence-corrected chi connectivity index (χ2v) is 6.87. The number of aromatic nitrogens is 2. The van der Waals surface area contributed by atoms with E-state index in [2.05, 4.69) is 9.97 Å². The molecule has 0 amide bonds. The summed E-state index contributed by atoms with van der Waals surface area (Å²) in [5.74, 6) is -0.319. The molecule has 2 aromatic carbocycles. The van der Waals surface area contributed by atoms with Crippen LogP contribution in [-0.4, -0.2) is 21.0 Å². The Balaban J connectivity index is 1.65. The standard InChI is InChI=1S/C21H18N2O3S/c24-19-13-18(12-16-4-2-1-3-5-16)22-21(23-19)27-14-17-8-6-15(7-9-17)10-11-20(25)26/h1-11,13H,12,14H2,(H,25,26)(H,22,23,24)/b11-10+. The minimum absolute atomic E-state index is 0.160. The summed E-state index contributed by atoms with van der Waals surface area (Å²) in [7, 11) is 0. The zero-order valence-corrected chi connectivity index (χ0v) is 15.3. The summed E-state index contributed by atoms with van der Waals surface area (Å²) < 4.78 is 0. The van der Waals surface area contributed by atoms with Crippen LogP contribution in [0.4, 0.5) is 0 Å². The van der Waals surface area contributed by atoms with Crippen molar-refractivity contribution in [1.82, 2.24) is 9.97 Å². The van der Waals surface area contributed by atoms with E-state index in [0.29, 0.717) is 17.3 Å². The SMILES string of the molecule is O=C(O)/C=C/c1ccc(CSc2nc(Cc3ccccc3)cc(=O)[nH]2)cc1. The molecule has 0 saturated heterocycles. The van der Waals surface area contributed by atoms with E-state index in [-0.39, 0.29) is 5.56 Å². The first-order valence-corrected chi connectivity index (χ1v) is 9.34. The Hall–Kier alpha value is -3.12.